The van der Waals surface area contributed by atoms with Crippen LogP contribution in [-0.4, -0.2) is 13.2 Å². The molecular weight excluding hydrogens is 250 g/mol. The lowest BCUT2D eigenvalue weighted by molar-refractivity contribution is 0.247. The van der Waals surface area contributed by atoms with Gasteiger partial charge in [-0.15, -0.1) is 0 Å². The first-order valence-corrected chi connectivity index (χ1v) is 6.98. The van der Waals surface area contributed by atoms with Gasteiger partial charge in [-0.2, -0.15) is 0 Å². The molecule has 0 bridgehead atoms. The Morgan fingerprint density at radius 1 is 0.800 bits per heavy atom. The Labute approximate surface area is 120 Å². The van der Waals surface area contributed by atoms with Crippen LogP contribution in [0.15, 0.2) is 48.5 Å². The van der Waals surface area contributed by atoms with Crippen molar-refractivity contribution < 1.29 is 9.47 Å². The highest BCUT2D eigenvalue weighted by Gasteiger charge is 1.96. The fourth-order valence-corrected chi connectivity index (χ4v) is 1.82. The van der Waals surface area contributed by atoms with Gasteiger partial charge in [0.05, 0.1) is 13.2 Å². The highest BCUT2D eigenvalue weighted by molar-refractivity contribution is 5.41. The Morgan fingerprint density at radius 3 is 1.80 bits per heavy atom. The van der Waals surface area contributed by atoms with Crippen LogP contribution >= 0.6 is 0 Å². The Balaban J connectivity index is 1.64. The SMILES string of the molecule is CCc1ccc(OCCCOc2ccc(N)cc2)cc1. The summed E-state index contributed by atoms with van der Waals surface area (Å²) in [5, 5.41) is 0. The Kier molecular flexibility index (Phi) is 5.30. The van der Waals surface area contributed by atoms with Gasteiger partial charge in [0.25, 0.3) is 0 Å². The lowest BCUT2D eigenvalue weighted by Crippen LogP contribution is -2.05. The average molecular weight is 271 g/mol. The normalized spacial score (nSPS) is 10.2. The summed E-state index contributed by atoms with van der Waals surface area (Å²) in [4.78, 5) is 0. The van der Waals surface area contributed by atoms with Crippen molar-refractivity contribution in [2.24, 2.45) is 0 Å². The van der Waals surface area contributed by atoms with Gasteiger partial charge in [-0.3, -0.25) is 0 Å². The van der Waals surface area contributed by atoms with Crippen molar-refractivity contribution in [1.29, 1.82) is 0 Å². The molecule has 0 unspecified atom stereocenters. The van der Waals surface area contributed by atoms with Gasteiger partial charge in [0.1, 0.15) is 11.5 Å². The maximum absolute atomic E-state index is 5.66. The number of benzene rings is 2. The second-order valence-electron chi connectivity index (χ2n) is 4.62. The first-order valence-electron chi connectivity index (χ1n) is 6.98. The first-order chi connectivity index (χ1) is 9.78. The van der Waals surface area contributed by atoms with E-state index in [0.717, 1.165) is 30.0 Å². The van der Waals surface area contributed by atoms with E-state index in [4.69, 9.17) is 15.2 Å². The van der Waals surface area contributed by atoms with Crippen molar-refractivity contribution in [3.8, 4) is 11.5 Å². The van der Waals surface area contributed by atoms with E-state index in [2.05, 4.69) is 19.1 Å². The number of hydrogen-bond acceptors (Lipinski definition) is 3. The standard InChI is InChI=1S/C17H21NO2/c1-2-14-4-8-16(9-5-14)19-12-3-13-20-17-10-6-15(18)7-11-17/h4-11H,2-3,12-13,18H2,1H3. The van der Waals surface area contributed by atoms with Crippen LogP contribution < -0.4 is 15.2 Å². The van der Waals surface area contributed by atoms with Crippen LogP contribution in [0.3, 0.4) is 0 Å². The minimum absolute atomic E-state index is 0.636. The molecular formula is C17H21NO2. The molecule has 0 aliphatic heterocycles. The van der Waals surface area contributed by atoms with Crippen molar-refractivity contribution in [2.45, 2.75) is 19.8 Å². The van der Waals surface area contributed by atoms with Crippen LogP contribution in [0.25, 0.3) is 0 Å². The van der Waals surface area contributed by atoms with Crippen LogP contribution in [0.4, 0.5) is 5.69 Å². The van der Waals surface area contributed by atoms with E-state index in [1.807, 2.05) is 36.4 Å². The molecule has 0 aromatic heterocycles. The predicted octanol–water partition coefficient (Wildman–Crippen LogP) is 3.68. The third-order valence-electron chi connectivity index (χ3n) is 3.04. The van der Waals surface area contributed by atoms with E-state index in [9.17, 15) is 0 Å². The van der Waals surface area contributed by atoms with Crippen molar-refractivity contribution in [3.63, 3.8) is 0 Å². The quantitative estimate of drug-likeness (QED) is 0.617. The molecule has 0 spiro atoms. The van der Waals surface area contributed by atoms with E-state index in [1.54, 1.807) is 0 Å². The van der Waals surface area contributed by atoms with Gasteiger partial charge in [0.15, 0.2) is 0 Å². The zero-order valence-corrected chi connectivity index (χ0v) is 11.8. The van der Waals surface area contributed by atoms with Gasteiger partial charge in [-0.05, 0) is 48.4 Å². The Morgan fingerprint density at radius 2 is 1.30 bits per heavy atom. The summed E-state index contributed by atoms with van der Waals surface area (Å²) in [7, 11) is 0. The largest absolute Gasteiger partial charge is 0.493 e. The molecule has 0 fully saturated rings. The molecule has 0 amide bonds. The number of anilines is 1. The van der Waals surface area contributed by atoms with Gasteiger partial charge in [-0.25, -0.2) is 0 Å². The van der Waals surface area contributed by atoms with Crippen molar-refractivity contribution in [2.75, 3.05) is 18.9 Å². The average Bonchev–Trinajstić information content (AvgIpc) is 2.49. The highest BCUT2D eigenvalue weighted by Crippen LogP contribution is 2.14. The Hall–Kier alpha value is -2.16. The van der Waals surface area contributed by atoms with Crippen LogP contribution in [-0.2, 0) is 6.42 Å². The Bertz CT molecular complexity index is 506. The molecule has 2 aromatic rings. The molecule has 3 heteroatoms. The zero-order chi connectivity index (χ0) is 14.2. The summed E-state index contributed by atoms with van der Waals surface area (Å²) in [6.45, 7) is 3.43. The van der Waals surface area contributed by atoms with Gasteiger partial charge in [0.2, 0.25) is 0 Å². The number of aryl methyl sites for hydroxylation is 1. The van der Waals surface area contributed by atoms with Gasteiger partial charge in [-0.1, -0.05) is 19.1 Å². The predicted molar refractivity (Wildman–Crippen MR) is 82.3 cm³/mol. The second kappa shape index (κ2) is 7.43. The minimum atomic E-state index is 0.636. The molecule has 0 heterocycles. The fourth-order valence-electron chi connectivity index (χ4n) is 1.82. The van der Waals surface area contributed by atoms with Gasteiger partial charge in [0, 0.05) is 12.1 Å². The second-order valence-corrected chi connectivity index (χ2v) is 4.62. The number of ether oxygens (including phenoxy) is 2. The zero-order valence-electron chi connectivity index (χ0n) is 11.8. The number of nitrogen functional groups attached to an aromatic ring is 1. The summed E-state index contributed by atoms with van der Waals surface area (Å²) >= 11 is 0. The molecule has 0 saturated carbocycles. The van der Waals surface area contributed by atoms with Crippen molar-refractivity contribution in [3.05, 3.63) is 54.1 Å². The molecule has 2 N–H and O–H groups in total. The van der Waals surface area contributed by atoms with E-state index in [-0.39, 0.29) is 0 Å². The molecule has 3 nitrogen and oxygen atoms in total. The number of hydrogen-bond donors (Lipinski definition) is 1. The van der Waals surface area contributed by atoms with E-state index in [1.165, 1.54) is 5.56 Å². The van der Waals surface area contributed by atoms with Crippen LogP contribution in [0.1, 0.15) is 18.9 Å². The molecule has 0 atom stereocenters. The van der Waals surface area contributed by atoms with E-state index in [0.29, 0.717) is 13.2 Å². The van der Waals surface area contributed by atoms with Crippen LogP contribution in [0.5, 0.6) is 11.5 Å². The van der Waals surface area contributed by atoms with Crippen molar-refractivity contribution >= 4 is 5.69 Å². The summed E-state index contributed by atoms with van der Waals surface area (Å²) in [5.41, 5.74) is 7.68. The van der Waals surface area contributed by atoms with Crippen LogP contribution in [0, 0.1) is 0 Å². The monoisotopic (exact) mass is 271 g/mol. The van der Waals surface area contributed by atoms with Gasteiger partial charge < -0.3 is 15.2 Å². The maximum atomic E-state index is 5.66. The third-order valence-corrected chi connectivity index (χ3v) is 3.04. The summed E-state index contributed by atoms with van der Waals surface area (Å²) < 4.78 is 11.3. The lowest BCUT2D eigenvalue weighted by Gasteiger charge is -2.08. The highest BCUT2D eigenvalue weighted by atomic mass is 16.5. The molecule has 20 heavy (non-hydrogen) atoms. The number of rotatable bonds is 7. The van der Waals surface area contributed by atoms with Crippen LogP contribution in [0.2, 0.25) is 0 Å². The molecule has 106 valence electrons. The van der Waals surface area contributed by atoms with E-state index >= 15 is 0 Å². The molecule has 0 radical (unpaired) electrons. The van der Waals surface area contributed by atoms with Gasteiger partial charge >= 0.3 is 0 Å². The summed E-state index contributed by atoms with van der Waals surface area (Å²) in [6, 6.07) is 15.6. The molecule has 0 aliphatic rings. The van der Waals surface area contributed by atoms with Crippen molar-refractivity contribution in [1.82, 2.24) is 0 Å². The molecule has 2 rings (SSSR count). The fraction of sp³-hybridized carbons (Fsp3) is 0.294. The molecule has 0 aliphatic carbocycles. The topological polar surface area (TPSA) is 44.5 Å². The summed E-state index contributed by atoms with van der Waals surface area (Å²) in [6.07, 6.45) is 1.90. The molecule has 2 aromatic carbocycles. The first kappa shape index (κ1) is 14.3. The third kappa shape index (κ3) is 4.50. The minimum Gasteiger partial charge on any atom is -0.493 e. The smallest absolute Gasteiger partial charge is 0.119 e. The maximum Gasteiger partial charge on any atom is 0.119 e. The summed E-state index contributed by atoms with van der Waals surface area (Å²) in [5.74, 6) is 1.75. The number of nitrogens with two attached hydrogens (primary N) is 1. The molecule has 0 saturated heterocycles. The van der Waals surface area contributed by atoms with E-state index < -0.39 is 0 Å². The lowest BCUT2D eigenvalue weighted by atomic mass is 10.2.